The van der Waals surface area contributed by atoms with Crippen LogP contribution < -0.4 is 4.90 Å². The Morgan fingerprint density at radius 3 is 2.21 bits per heavy atom. The third-order valence-corrected chi connectivity index (χ3v) is 5.46. The molecule has 1 saturated heterocycles. The van der Waals surface area contributed by atoms with Crippen molar-refractivity contribution in [1.29, 1.82) is 0 Å². The Balaban J connectivity index is 1.63. The van der Waals surface area contributed by atoms with Gasteiger partial charge in [0.15, 0.2) is 0 Å². The number of benzene rings is 2. The van der Waals surface area contributed by atoms with Crippen LogP contribution >= 0.6 is 15.9 Å². The molecule has 4 heteroatoms. The Morgan fingerprint density at radius 2 is 1.58 bits per heavy atom. The molecule has 1 amide bonds. The van der Waals surface area contributed by atoms with Crippen LogP contribution in [0.2, 0.25) is 0 Å². The minimum absolute atomic E-state index is 0.211. The minimum Gasteiger partial charge on any atom is -0.368 e. The van der Waals surface area contributed by atoms with Crippen molar-refractivity contribution in [2.75, 3.05) is 31.1 Å². The molecule has 3 nitrogen and oxygen atoms in total. The van der Waals surface area contributed by atoms with Crippen molar-refractivity contribution in [2.45, 2.75) is 20.3 Å². The Morgan fingerprint density at radius 1 is 0.958 bits per heavy atom. The Hall–Kier alpha value is -1.81. The first-order chi connectivity index (χ1) is 11.6. The summed E-state index contributed by atoms with van der Waals surface area (Å²) < 4.78 is 1.01. The normalized spacial score (nSPS) is 14.8. The van der Waals surface area contributed by atoms with E-state index < -0.39 is 0 Å². The molecule has 0 aliphatic carbocycles. The fraction of sp³-hybridized carbons (Fsp3) is 0.350. The zero-order valence-electron chi connectivity index (χ0n) is 14.3. The second-order valence-corrected chi connectivity index (χ2v) is 7.23. The van der Waals surface area contributed by atoms with Crippen molar-refractivity contribution >= 4 is 27.5 Å². The molecular formula is C20H23BrN2O. The van der Waals surface area contributed by atoms with Crippen LogP contribution in [-0.2, 0) is 11.2 Å². The number of carbonyl (C=O) groups is 1. The Bertz CT molecular complexity index is 716. The van der Waals surface area contributed by atoms with Gasteiger partial charge in [-0.2, -0.15) is 0 Å². The van der Waals surface area contributed by atoms with Gasteiger partial charge in [0.25, 0.3) is 0 Å². The topological polar surface area (TPSA) is 23.6 Å². The maximum Gasteiger partial charge on any atom is 0.227 e. The third-order valence-electron chi connectivity index (χ3n) is 4.69. The number of para-hydroxylation sites is 1. The Labute approximate surface area is 152 Å². The SMILES string of the molecule is Cc1cccc(C)c1N1CCN(C(=O)Cc2ccccc2Br)CC1. The van der Waals surface area contributed by atoms with Gasteiger partial charge in [0, 0.05) is 36.3 Å². The van der Waals surface area contributed by atoms with Crippen molar-refractivity contribution in [3.63, 3.8) is 0 Å². The molecule has 0 spiro atoms. The van der Waals surface area contributed by atoms with E-state index in [0.29, 0.717) is 6.42 Å². The maximum atomic E-state index is 12.6. The highest BCUT2D eigenvalue weighted by Gasteiger charge is 2.23. The van der Waals surface area contributed by atoms with E-state index in [9.17, 15) is 4.79 Å². The molecule has 0 aromatic heterocycles. The van der Waals surface area contributed by atoms with Crippen LogP contribution in [0.15, 0.2) is 46.9 Å². The number of aryl methyl sites for hydroxylation is 2. The van der Waals surface area contributed by atoms with Gasteiger partial charge in [-0.25, -0.2) is 0 Å². The van der Waals surface area contributed by atoms with Gasteiger partial charge < -0.3 is 9.80 Å². The molecule has 1 heterocycles. The monoisotopic (exact) mass is 386 g/mol. The van der Waals surface area contributed by atoms with Gasteiger partial charge in [0.1, 0.15) is 0 Å². The third kappa shape index (κ3) is 3.64. The van der Waals surface area contributed by atoms with Gasteiger partial charge in [-0.3, -0.25) is 4.79 Å². The molecule has 1 aliphatic rings. The second-order valence-electron chi connectivity index (χ2n) is 6.38. The molecule has 1 fully saturated rings. The number of piperazine rings is 1. The zero-order chi connectivity index (χ0) is 17.1. The van der Waals surface area contributed by atoms with E-state index >= 15 is 0 Å². The van der Waals surface area contributed by atoms with E-state index in [-0.39, 0.29) is 5.91 Å². The number of carbonyl (C=O) groups excluding carboxylic acids is 1. The van der Waals surface area contributed by atoms with Gasteiger partial charge in [-0.15, -0.1) is 0 Å². The highest BCUT2D eigenvalue weighted by Crippen LogP contribution is 2.26. The van der Waals surface area contributed by atoms with E-state index in [1.807, 2.05) is 29.2 Å². The molecule has 0 radical (unpaired) electrons. The van der Waals surface area contributed by atoms with Crippen LogP contribution in [0.4, 0.5) is 5.69 Å². The average molecular weight is 387 g/mol. The van der Waals surface area contributed by atoms with E-state index in [4.69, 9.17) is 0 Å². The van der Waals surface area contributed by atoms with Crippen LogP contribution in [-0.4, -0.2) is 37.0 Å². The molecule has 0 N–H and O–H groups in total. The van der Waals surface area contributed by atoms with Gasteiger partial charge in [0.05, 0.1) is 6.42 Å². The first-order valence-electron chi connectivity index (χ1n) is 8.38. The van der Waals surface area contributed by atoms with Crippen LogP contribution in [0.1, 0.15) is 16.7 Å². The molecule has 3 rings (SSSR count). The van der Waals surface area contributed by atoms with Crippen molar-refractivity contribution in [1.82, 2.24) is 4.90 Å². The van der Waals surface area contributed by atoms with Crippen molar-refractivity contribution in [2.24, 2.45) is 0 Å². The number of hydrogen-bond acceptors (Lipinski definition) is 2. The van der Waals surface area contributed by atoms with E-state index in [0.717, 1.165) is 36.2 Å². The predicted molar refractivity (Wildman–Crippen MR) is 103 cm³/mol. The summed E-state index contributed by atoms with van der Waals surface area (Å²) in [6.45, 7) is 7.69. The molecule has 0 bridgehead atoms. The number of halogens is 1. The first kappa shape index (κ1) is 17.0. The summed E-state index contributed by atoms with van der Waals surface area (Å²) in [5.74, 6) is 0.211. The lowest BCUT2D eigenvalue weighted by Gasteiger charge is -2.37. The molecule has 0 atom stereocenters. The maximum absolute atomic E-state index is 12.6. The van der Waals surface area contributed by atoms with Gasteiger partial charge in [-0.05, 0) is 36.6 Å². The Kier molecular flexibility index (Phi) is 5.24. The summed E-state index contributed by atoms with van der Waals surface area (Å²) in [6, 6.07) is 14.4. The van der Waals surface area contributed by atoms with E-state index in [1.54, 1.807) is 0 Å². The highest BCUT2D eigenvalue weighted by atomic mass is 79.9. The molecule has 126 valence electrons. The van der Waals surface area contributed by atoms with Gasteiger partial charge >= 0.3 is 0 Å². The van der Waals surface area contributed by atoms with Crippen molar-refractivity contribution in [3.8, 4) is 0 Å². The lowest BCUT2D eigenvalue weighted by Crippen LogP contribution is -2.49. The fourth-order valence-corrected chi connectivity index (χ4v) is 3.83. The molecule has 0 saturated carbocycles. The standard InChI is InChI=1S/C20H23BrN2O/c1-15-6-5-7-16(2)20(15)23-12-10-22(11-13-23)19(24)14-17-8-3-4-9-18(17)21/h3-9H,10-14H2,1-2H3. The minimum atomic E-state index is 0.211. The first-order valence-corrected chi connectivity index (χ1v) is 9.18. The number of rotatable bonds is 3. The van der Waals surface area contributed by atoms with Gasteiger partial charge in [-0.1, -0.05) is 52.3 Å². The summed E-state index contributed by atoms with van der Waals surface area (Å²) >= 11 is 3.53. The van der Waals surface area contributed by atoms with E-state index in [2.05, 4.69) is 52.9 Å². The summed E-state index contributed by atoms with van der Waals surface area (Å²) in [7, 11) is 0. The molecule has 0 unspecified atom stereocenters. The highest BCUT2D eigenvalue weighted by molar-refractivity contribution is 9.10. The average Bonchev–Trinajstić information content (AvgIpc) is 2.57. The largest absolute Gasteiger partial charge is 0.368 e. The second kappa shape index (κ2) is 7.39. The van der Waals surface area contributed by atoms with Crippen LogP contribution in [0, 0.1) is 13.8 Å². The van der Waals surface area contributed by atoms with E-state index in [1.165, 1.54) is 16.8 Å². The smallest absolute Gasteiger partial charge is 0.227 e. The van der Waals surface area contributed by atoms with Crippen LogP contribution in [0.5, 0.6) is 0 Å². The van der Waals surface area contributed by atoms with Gasteiger partial charge in [0.2, 0.25) is 5.91 Å². The lowest BCUT2D eigenvalue weighted by molar-refractivity contribution is -0.130. The number of hydrogen-bond donors (Lipinski definition) is 0. The number of amides is 1. The molecular weight excluding hydrogens is 364 g/mol. The number of anilines is 1. The summed E-state index contributed by atoms with van der Waals surface area (Å²) in [6.07, 6.45) is 0.463. The van der Waals surface area contributed by atoms with Crippen LogP contribution in [0.3, 0.4) is 0 Å². The fourth-order valence-electron chi connectivity index (χ4n) is 3.40. The molecule has 2 aromatic rings. The summed E-state index contributed by atoms with van der Waals surface area (Å²) in [5.41, 5.74) is 5.00. The quantitative estimate of drug-likeness (QED) is 0.796. The lowest BCUT2D eigenvalue weighted by atomic mass is 10.1. The van der Waals surface area contributed by atoms with Crippen LogP contribution in [0.25, 0.3) is 0 Å². The molecule has 24 heavy (non-hydrogen) atoms. The van der Waals surface area contributed by atoms with Crippen molar-refractivity contribution in [3.05, 3.63) is 63.6 Å². The molecule has 2 aromatic carbocycles. The summed E-state index contributed by atoms with van der Waals surface area (Å²) in [5, 5.41) is 0. The number of nitrogens with zero attached hydrogens (tertiary/aromatic N) is 2. The zero-order valence-corrected chi connectivity index (χ0v) is 15.8. The molecule has 1 aliphatic heterocycles. The summed E-state index contributed by atoms with van der Waals surface area (Å²) in [4.78, 5) is 17.0. The van der Waals surface area contributed by atoms with Crippen molar-refractivity contribution < 1.29 is 4.79 Å². The predicted octanol–water partition coefficient (Wildman–Crippen LogP) is 3.96.